The molecule has 0 saturated carbocycles. The number of benzene rings is 1. The number of halogens is 1. The molecule has 1 heterocycles. The van der Waals surface area contributed by atoms with Gasteiger partial charge >= 0.3 is 0 Å². The van der Waals surface area contributed by atoms with Crippen molar-refractivity contribution in [3.63, 3.8) is 0 Å². The third-order valence-corrected chi connectivity index (χ3v) is 5.37. The lowest BCUT2D eigenvalue weighted by atomic mass is 10.1. The van der Waals surface area contributed by atoms with Crippen LogP contribution < -0.4 is 5.56 Å². The van der Waals surface area contributed by atoms with E-state index in [9.17, 15) is 9.90 Å². The monoisotopic (exact) mass is 411 g/mol. The van der Waals surface area contributed by atoms with Gasteiger partial charge in [0, 0.05) is 12.3 Å². The zero-order valence-electron chi connectivity index (χ0n) is 16.4. The molecule has 0 amide bonds. The number of aromatic nitrogens is 2. The van der Waals surface area contributed by atoms with E-state index < -0.39 is 0 Å². The van der Waals surface area contributed by atoms with Crippen LogP contribution in [0.5, 0.6) is 5.88 Å². The minimum absolute atomic E-state index is 0. The predicted molar refractivity (Wildman–Crippen MR) is 116 cm³/mol. The van der Waals surface area contributed by atoms with Gasteiger partial charge in [-0.3, -0.25) is 9.36 Å². The molecule has 1 N–H and O–H groups in total. The van der Waals surface area contributed by atoms with Gasteiger partial charge in [0.25, 0.3) is 5.56 Å². The molecule has 150 valence electrons. The Balaban J connectivity index is 0.00000364. The minimum Gasteiger partial charge on any atom is -0.493 e. The van der Waals surface area contributed by atoms with Crippen molar-refractivity contribution >= 4 is 24.2 Å². The molecule has 0 aliphatic carbocycles. The Kier molecular flexibility index (Phi) is 10.5. The summed E-state index contributed by atoms with van der Waals surface area (Å²) < 4.78 is 1.64. The summed E-state index contributed by atoms with van der Waals surface area (Å²) >= 11 is 1.51. The molecule has 27 heavy (non-hydrogen) atoms. The molecule has 0 aliphatic rings. The van der Waals surface area contributed by atoms with E-state index >= 15 is 0 Å². The summed E-state index contributed by atoms with van der Waals surface area (Å²) in [6, 6.07) is 9.54. The molecule has 7 heteroatoms. The first-order chi connectivity index (χ1) is 12.6. The van der Waals surface area contributed by atoms with Gasteiger partial charge in [0.05, 0.1) is 11.3 Å². The van der Waals surface area contributed by atoms with Crippen LogP contribution in [0, 0.1) is 0 Å². The molecule has 0 unspecified atom stereocenters. The van der Waals surface area contributed by atoms with E-state index in [1.165, 1.54) is 11.8 Å². The van der Waals surface area contributed by atoms with Crippen LogP contribution in [0.2, 0.25) is 0 Å². The van der Waals surface area contributed by atoms with Gasteiger partial charge in [0.1, 0.15) is 0 Å². The Morgan fingerprint density at radius 1 is 1.15 bits per heavy atom. The highest BCUT2D eigenvalue weighted by Crippen LogP contribution is 2.23. The SMILES string of the molecule is CCCCc1c(O)nc(SCCN(CC)CC)n(-c2ccccc2)c1=O.Cl. The smallest absolute Gasteiger partial charge is 0.265 e. The summed E-state index contributed by atoms with van der Waals surface area (Å²) in [5.74, 6) is 0.690. The molecular formula is C20H30ClN3O2S. The first-order valence-electron chi connectivity index (χ1n) is 9.37. The molecule has 1 aromatic heterocycles. The highest BCUT2D eigenvalue weighted by molar-refractivity contribution is 7.99. The number of hydrogen-bond acceptors (Lipinski definition) is 5. The van der Waals surface area contributed by atoms with Crippen LogP contribution in [0.25, 0.3) is 5.69 Å². The summed E-state index contributed by atoms with van der Waals surface area (Å²) in [5, 5.41) is 10.9. The molecule has 1 aromatic carbocycles. The lowest BCUT2D eigenvalue weighted by Crippen LogP contribution is -2.27. The van der Waals surface area contributed by atoms with Gasteiger partial charge in [-0.05, 0) is 38.1 Å². The Morgan fingerprint density at radius 2 is 1.81 bits per heavy atom. The van der Waals surface area contributed by atoms with E-state index in [0.717, 1.165) is 43.9 Å². The number of rotatable bonds is 10. The van der Waals surface area contributed by atoms with Gasteiger partial charge < -0.3 is 10.0 Å². The van der Waals surface area contributed by atoms with Crippen molar-refractivity contribution in [1.29, 1.82) is 0 Å². The van der Waals surface area contributed by atoms with E-state index in [1.54, 1.807) is 4.57 Å². The normalized spacial score (nSPS) is 10.8. The van der Waals surface area contributed by atoms with Crippen molar-refractivity contribution in [2.45, 2.75) is 45.2 Å². The van der Waals surface area contributed by atoms with Crippen LogP contribution >= 0.6 is 24.2 Å². The maximum absolute atomic E-state index is 13.1. The largest absolute Gasteiger partial charge is 0.493 e. The van der Waals surface area contributed by atoms with Gasteiger partial charge in [-0.15, -0.1) is 12.4 Å². The summed E-state index contributed by atoms with van der Waals surface area (Å²) in [5.41, 5.74) is 1.03. The second-order valence-corrected chi connectivity index (χ2v) is 7.21. The fraction of sp³-hybridized carbons (Fsp3) is 0.500. The number of aromatic hydroxyl groups is 1. The minimum atomic E-state index is -0.164. The lowest BCUT2D eigenvalue weighted by Gasteiger charge is -2.18. The summed E-state index contributed by atoms with van der Waals surface area (Å²) in [6.45, 7) is 9.26. The zero-order chi connectivity index (χ0) is 18.9. The average molecular weight is 412 g/mol. The van der Waals surface area contributed by atoms with Crippen molar-refractivity contribution in [2.75, 3.05) is 25.4 Å². The van der Waals surface area contributed by atoms with Crippen LogP contribution in [0.3, 0.4) is 0 Å². The van der Waals surface area contributed by atoms with Crippen molar-refractivity contribution in [1.82, 2.24) is 14.5 Å². The summed E-state index contributed by atoms with van der Waals surface area (Å²) in [4.78, 5) is 19.8. The fourth-order valence-electron chi connectivity index (χ4n) is 2.81. The van der Waals surface area contributed by atoms with Crippen molar-refractivity contribution < 1.29 is 5.11 Å². The number of hydrogen-bond donors (Lipinski definition) is 1. The highest BCUT2D eigenvalue weighted by Gasteiger charge is 2.17. The van der Waals surface area contributed by atoms with Crippen LogP contribution in [-0.2, 0) is 6.42 Å². The van der Waals surface area contributed by atoms with Gasteiger partial charge in [-0.1, -0.05) is 57.2 Å². The lowest BCUT2D eigenvalue weighted by molar-refractivity contribution is 0.323. The van der Waals surface area contributed by atoms with Crippen molar-refractivity contribution in [3.8, 4) is 11.6 Å². The average Bonchev–Trinajstić information content (AvgIpc) is 2.65. The second kappa shape index (κ2) is 12.1. The molecule has 0 bridgehead atoms. The van der Waals surface area contributed by atoms with E-state index in [4.69, 9.17) is 0 Å². The number of para-hydroxylation sites is 1. The molecule has 0 radical (unpaired) electrons. The van der Waals surface area contributed by atoms with E-state index in [1.807, 2.05) is 30.3 Å². The standard InChI is InChI=1S/C20H29N3O2S.ClH/c1-4-7-13-17-18(24)21-20(26-15-14-22(5-2)6-3)23(19(17)25)16-11-9-8-10-12-16;/h8-12,24H,4-7,13-15H2,1-3H3;1H. The van der Waals surface area contributed by atoms with Gasteiger partial charge in [-0.2, -0.15) is 4.98 Å². The van der Waals surface area contributed by atoms with E-state index in [2.05, 4.69) is 30.7 Å². The molecule has 0 aliphatic heterocycles. The number of thioether (sulfide) groups is 1. The number of unbranched alkanes of at least 4 members (excludes halogenated alkanes) is 1. The Morgan fingerprint density at radius 3 is 2.41 bits per heavy atom. The second-order valence-electron chi connectivity index (χ2n) is 6.15. The molecule has 0 fully saturated rings. The Labute approximate surface area is 172 Å². The first kappa shape index (κ1) is 23.5. The molecule has 2 aromatic rings. The van der Waals surface area contributed by atoms with Gasteiger partial charge in [0.2, 0.25) is 5.88 Å². The molecule has 0 saturated heterocycles. The fourth-order valence-corrected chi connectivity index (χ4v) is 3.81. The van der Waals surface area contributed by atoms with Crippen molar-refractivity contribution in [3.05, 3.63) is 46.2 Å². The van der Waals surface area contributed by atoms with Crippen LogP contribution in [-0.4, -0.2) is 44.9 Å². The molecule has 5 nitrogen and oxygen atoms in total. The topological polar surface area (TPSA) is 58.4 Å². The maximum atomic E-state index is 13.1. The molecule has 0 atom stereocenters. The number of nitrogens with zero attached hydrogens (tertiary/aromatic N) is 3. The highest BCUT2D eigenvalue weighted by atomic mass is 35.5. The summed E-state index contributed by atoms with van der Waals surface area (Å²) in [6.07, 6.45) is 2.36. The maximum Gasteiger partial charge on any atom is 0.265 e. The third kappa shape index (κ3) is 6.26. The first-order valence-corrected chi connectivity index (χ1v) is 10.4. The predicted octanol–water partition coefficient (Wildman–Crippen LogP) is 4.14. The van der Waals surface area contributed by atoms with Crippen molar-refractivity contribution in [2.24, 2.45) is 0 Å². The van der Waals surface area contributed by atoms with Crippen LogP contribution in [0.4, 0.5) is 0 Å². The quantitative estimate of drug-likeness (QED) is 0.470. The van der Waals surface area contributed by atoms with E-state index in [0.29, 0.717) is 17.1 Å². The van der Waals surface area contributed by atoms with Crippen LogP contribution in [0.1, 0.15) is 39.2 Å². The third-order valence-electron chi connectivity index (χ3n) is 4.45. The molecule has 2 rings (SSSR count). The van der Waals surface area contributed by atoms with E-state index in [-0.39, 0.29) is 23.8 Å². The van der Waals surface area contributed by atoms with Crippen LogP contribution in [0.15, 0.2) is 40.3 Å². The van der Waals surface area contributed by atoms with Gasteiger partial charge in [0.15, 0.2) is 5.16 Å². The molecular weight excluding hydrogens is 382 g/mol. The zero-order valence-corrected chi connectivity index (χ0v) is 18.0. The summed E-state index contributed by atoms with van der Waals surface area (Å²) in [7, 11) is 0. The Bertz CT molecular complexity index is 749. The molecule has 0 spiro atoms. The Hall–Kier alpha value is -1.50. The van der Waals surface area contributed by atoms with Gasteiger partial charge in [-0.25, -0.2) is 0 Å².